The van der Waals surface area contributed by atoms with Crippen molar-refractivity contribution in [2.75, 3.05) is 6.54 Å². The van der Waals surface area contributed by atoms with Crippen LogP contribution in [0.5, 0.6) is 0 Å². The summed E-state index contributed by atoms with van der Waals surface area (Å²) in [5.74, 6) is 0.493. The number of amides is 2. The van der Waals surface area contributed by atoms with Crippen LogP contribution >= 0.6 is 0 Å². The van der Waals surface area contributed by atoms with Crippen LogP contribution in [0.15, 0.2) is 51.9 Å². The highest BCUT2D eigenvalue weighted by molar-refractivity contribution is 5.91. The Morgan fingerprint density at radius 1 is 1.21 bits per heavy atom. The summed E-state index contributed by atoms with van der Waals surface area (Å²) in [7, 11) is 0. The molecule has 3 heterocycles. The van der Waals surface area contributed by atoms with Gasteiger partial charge in [-0.3, -0.25) is 9.59 Å². The van der Waals surface area contributed by atoms with E-state index in [4.69, 9.17) is 8.94 Å². The average Bonchev–Trinajstić information content (AvgIpc) is 3.55. The molecule has 0 radical (unpaired) electrons. The first-order valence-electron chi connectivity index (χ1n) is 11.7. The number of aromatic nitrogens is 2. The molecule has 180 valence electrons. The van der Waals surface area contributed by atoms with Crippen molar-refractivity contribution in [3.05, 3.63) is 59.9 Å². The van der Waals surface area contributed by atoms with Gasteiger partial charge >= 0.3 is 0 Å². The molecule has 2 amide bonds. The number of carbonyl (C=O) groups excluding carboxylic acids is 2. The Hall–Kier alpha value is -3.42. The number of likely N-dealkylation sites (tertiary alicyclic amines) is 1. The molecule has 4 rings (SSSR count). The van der Waals surface area contributed by atoms with Crippen LogP contribution in [0.25, 0.3) is 11.3 Å². The zero-order chi connectivity index (χ0) is 24.5. The highest BCUT2D eigenvalue weighted by Gasteiger charge is 2.43. The van der Waals surface area contributed by atoms with E-state index in [1.54, 1.807) is 11.1 Å². The average molecular weight is 465 g/mol. The van der Waals surface area contributed by atoms with E-state index >= 15 is 0 Å². The van der Waals surface area contributed by atoms with Gasteiger partial charge in [0.25, 0.3) is 0 Å². The molecule has 8 nitrogen and oxygen atoms in total. The maximum Gasteiger partial charge on any atom is 0.243 e. The quantitative estimate of drug-likeness (QED) is 0.570. The van der Waals surface area contributed by atoms with Crippen LogP contribution in [0.1, 0.15) is 69.5 Å². The minimum Gasteiger partial charge on any atom is -0.444 e. The van der Waals surface area contributed by atoms with Gasteiger partial charge in [-0.05, 0) is 37.7 Å². The molecule has 0 spiro atoms. The van der Waals surface area contributed by atoms with E-state index in [1.807, 2.05) is 65.0 Å². The van der Waals surface area contributed by atoms with E-state index in [9.17, 15) is 9.59 Å². The molecular weight excluding hydrogens is 432 g/mol. The number of hydrogen-bond acceptors (Lipinski definition) is 6. The number of hydrogen-bond donors (Lipinski definition) is 1. The van der Waals surface area contributed by atoms with Crippen molar-refractivity contribution in [3.63, 3.8) is 0 Å². The normalized spacial score (nSPS) is 18.0. The van der Waals surface area contributed by atoms with Crippen molar-refractivity contribution in [1.29, 1.82) is 0 Å². The van der Waals surface area contributed by atoms with Gasteiger partial charge in [-0.15, -0.1) is 0 Å². The number of nitrogens with one attached hydrogen (secondary N) is 1. The molecule has 0 saturated carbocycles. The lowest BCUT2D eigenvalue weighted by Gasteiger charge is -2.33. The van der Waals surface area contributed by atoms with Crippen LogP contribution in [-0.4, -0.2) is 39.4 Å². The zero-order valence-electron chi connectivity index (χ0n) is 20.4. The smallest absolute Gasteiger partial charge is 0.243 e. The van der Waals surface area contributed by atoms with Crippen LogP contribution in [-0.2, 0) is 9.59 Å². The molecule has 1 aliphatic rings. The first-order valence-corrected chi connectivity index (χ1v) is 11.7. The minimum atomic E-state index is -0.511. The molecular formula is C26H32N4O4. The lowest BCUT2D eigenvalue weighted by atomic mass is 9.78. The Kier molecular flexibility index (Phi) is 6.59. The summed E-state index contributed by atoms with van der Waals surface area (Å²) in [6, 6.07) is 8.91. The lowest BCUT2D eigenvalue weighted by Crippen LogP contribution is -2.49. The molecule has 2 aromatic heterocycles. The van der Waals surface area contributed by atoms with E-state index in [0.29, 0.717) is 24.5 Å². The van der Waals surface area contributed by atoms with E-state index in [-0.39, 0.29) is 23.3 Å². The van der Waals surface area contributed by atoms with Crippen LogP contribution < -0.4 is 5.32 Å². The van der Waals surface area contributed by atoms with Crippen LogP contribution in [0, 0.1) is 12.3 Å². The number of carbonyl (C=O) groups is 2. The fourth-order valence-electron chi connectivity index (χ4n) is 4.59. The highest BCUT2D eigenvalue weighted by atomic mass is 16.5. The minimum absolute atomic E-state index is 0.0923. The van der Waals surface area contributed by atoms with Crippen LogP contribution in [0.3, 0.4) is 0 Å². The number of aryl methyl sites for hydroxylation is 1. The summed E-state index contributed by atoms with van der Waals surface area (Å²) >= 11 is 0. The molecule has 0 bridgehead atoms. The summed E-state index contributed by atoms with van der Waals surface area (Å²) < 4.78 is 10.8. The zero-order valence-corrected chi connectivity index (χ0v) is 20.4. The van der Waals surface area contributed by atoms with Crippen molar-refractivity contribution in [2.24, 2.45) is 5.41 Å². The molecule has 3 atom stereocenters. The number of oxazole rings is 1. The number of rotatable bonds is 6. The van der Waals surface area contributed by atoms with Gasteiger partial charge in [0.05, 0.1) is 17.9 Å². The van der Waals surface area contributed by atoms with Crippen LogP contribution in [0.4, 0.5) is 0 Å². The topological polar surface area (TPSA) is 101 Å². The number of benzene rings is 1. The maximum absolute atomic E-state index is 13.7. The Morgan fingerprint density at radius 2 is 1.94 bits per heavy atom. The predicted molar refractivity (Wildman–Crippen MR) is 127 cm³/mol. The first kappa shape index (κ1) is 23.7. The SMILES string of the molecule is Cc1cc([C@H](C(=O)N2CCC[C@H]2C(=O)N[C@@H](C)c2ccc(-c3cnco3)cc2)C(C)(C)C)on1. The fraction of sp³-hybridized carbons (Fsp3) is 0.462. The standard InChI is InChI=1S/C26H32N4O4/c1-16-13-21(34-29-16)23(26(3,4)5)25(32)30-12-6-7-20(30)24(31)28-17(2)18-8-10-19(11-9-18)22-14-27-15-33-22/h8-11,13-15,17,20,23H,6-7,12H2,1-5H3,(H,28,31)/t17-,20-,23+/m0/s1. The second-order valence-electron chi connectivity index (χ2n) is 10.1. The van der Waals surface area contributed by atoms with Gasteiger partial charge < -0.3 is 19.2 Å². The monoisotopic (exact) mass is 464 g/mol. The fourth-order valence-corrected chi connectivity index (χ4v) is 4.59. The summed E-state index contributed by atoms with van der Waals surface area (Å²) in [4.78, 5) is 32.6. The van der Waals surface area contributed by atoms with E-state index in [1.165, 1.54) is 6.39 Å². The van der Waals surface area contributed by atoms with Crippen molar-refractivity contribution < 1.29 is 18.5 Å². The molecule has 8 heteroatoms. The molecule has 0 aliphatic carbocycles. The van der Waals surface area contributed by atoms with Gasteiger partial charge in [0.1, 0.15) is 17.7 Å². The molecule has 3 aromatic rings. The van der Waals surface area contributed by atoms with Gasteiger partial charge in [-0.2, -0.15) is 0 Å². The van der Waals surface area contributed by atoms with Gasteiger partial charge in [0.2, 0.25) is 11.8 Å². The first-order chi connectivity index (χ1) is 16.1. The third-order valence-electron chi connectivity index (χ3n) is 6.37. The summed E-state index contributed by atoms with van der Waals surface area (Å²) in [5, 5.41) is 7.07. The van der Waals surface area contributed by atoms with Crippen molar-refractivity contribution in [1.82, 2.24) is 20.4 Å². The van der Waals surface area contributed by atoms with Crippen LogP contribution in [0.2, 0.25) is 0 Å². The molecule has 0 unspecified atom stereocenters. The largest absolute Gasteiger partial charge is 0.444 e. The van der Waals surface area contributed by atoms with Gasteiger partial charge in [0, 0.05) is 18.2 Å². The van der Waals surface area contributed by atoms with Gasteiger partial charge in [-0.25, -0.2) is 4.98 Å². The van der Waals surface area contributed by atoms with Gasteiger partial charge in [-0.1, -0.05) is 50.2 Å². The number of nitrogens with zero attached hydrogens (tertiary/aromatic N) is 3. The third kappa shape index (κ3) is 4.90. The van der Waals surface area contributed by atoms with E-state index < -0.39 is 12.0 Å². The molecule has 1 aliphatic heterocycles. The van der Waals surface area contributed by atoms with E-state index in [2.05, 4.69) is 15.5 Å². The highest BCUT2D eigenvalue weighted by Crippen LogP contribution is 2.38. The van der Waals surface area contributed by atoms with E-state index in [0.717, 1.165) is 23.2 Å². The van der Waals surface area contributed by atoms with Crippen molar-refractivity contribution >= 4 is 11.8 Å². The molecule has 1 saturated heterocycles. The summed E-state index contributed by atoms with van der Waals surface area (Å²) in [5.41, 5.74) is 2.24. The van der Waals surface area contributed by atoms with Gasteiger partial charge in [0.15, 0.2) is 12.2 Å². The van der Waals surface area contributed by atoms with Crippen molar-refractivity contribution in [2.45, 2.75) is 65.5 Å². The Labute approximate surface area is 199 Å². The second kappa shape index (κ2) is 9.44. The Morgan fingerprint density at radius 3 is 2.53 bits per heavy atom. The second-order valence-corrected chi connectivity index (χ2v) is 10.1. The third-order valence-corrected chi connectivity index (χ3v) is 6.37. The summed E-state index contributed by atoms with van der Waals surface area (Å²) in [6.45, 7) is 10.3. The maximum atomic E-state index is 13.7. The predicted octanol–water partition coefficient (Wildman–Crippen LogP) is 4.64. The molecule has 34 heavy (non-hydrogen) atoms. The summed E-state index contributed by atoms with van der Waals surface area (Å²) in [6.07, 6.45) is 4.49. The molecule has 1 N–H and O–H groups in total. The lowest BCUT2D eigenvalue weighted by molar-refractivity contribution is -0.142. The van der Waals surface area contributed by atoms with Crippen molar-refractivity contribution in [3.8, 4) is 11.3 Å². The Bertz CT molecular complexity index is 1130. The molecule has 1 fully saturated rings. The Balaban J connectivity index is 1.46. The molecule has 1 aromatic carbocycles.